The van der Waals surface area contributed by atoms with Crippen LogP contribution in [-0.2, 0) is 32.7 Å². The van der Waals surface area contributed by atoms with Crippen LogP contribution in [0.15, 0.2) is 183 Å². The fourth-order valence-corrected chi connectivity index (χ4v) is 15.3. The van der Waals surface area contributed by atoms with E-state index in [-0.39, 0.29) is 0 Å². The molecule has 20 rings (SSSR count). The first-order valence-corrected chi connectivity index (χ1v) is 33.4. The Morgan fingerprint density at radius 3 is 1.06 bits per heavy atom. The van der Waals surface area contributed by atoms with Gasteiger partial charge < -0.3 is 0 Å². The van der Waals surface area contributed by atoms with Crippen LogP contribution in [0.1, 0.15) is 83.5 Å². The van der Waals surface area contributed by atoms with Gasteiger partial charge in [0.25, 0.3) is 0 Å². The molecule has 0 bridgehead atoms. The van der Waals surface area contributed by atoms with Crippen molar-refractivity contribution in [3.63, 3.8) is 0 Å². The molecule has 15 aromatic rings. The summed E-state index contributed by atoms with van der Waals surface area (Å²) in [5.74, 6) is 0. The highest BCUT2D eigenvalue weighted by molar-refractivity contribution is 6.00. The molecule has 0 spiro atoms. The number of nitrogens with zero attached hydrogens (tertiary/aromatic N) is 20. The van der Waals surface area contributed by atoms with E-state index < -0.39 is 0 Å². The summed E-state index contributed by atoms with van der Waals surface area (Å²) in [6.07, 6.45) is 9.85. The summed E-state index contributed by atoms with van der Waals surface area (Å²) in [6.45, 7) is 51.3. The van der Waals surface area contributed by atoms with Gasteiger partial charge in [-0.05, 0) is 93.3 Å². The van der Waals surface area contributed by atoms with E-state index in [2.05, 4.69) is 204 Å². The topological polar surface area (TPSA) is 185 Å². The number of para-hydroxylation sites is 2. The van der Waals surface area contributed by atoms with Crippen molar-refractivity contribution >= 4 is 83.0 Å². The van der Waals surface area contributed by atoms with E-state index in [1.54, 1.807) is 60.7 Å². The molecule has 0 amide bonds. The second kappa shape index (κ2) is 25.0. The van der Waals surface area contributed by atoms with E-state index in [1.807, 2.05) is 53.9 Å². The molecule has 20 heteroatoms. The molecule has 0 saturated carbocycles. The largest absolute Gasteiger partial charge is 0.236 e. The summed E-state index contributed by atoms with van der Waals surface area (Å²) in [5.41, 5.74) is 27.9. The van der Waals surface area contributed by atoms with E-state index in [0.29, 0.717) is 56.3 Å². The first-order chi connectivity index (χ1) is 51.2. The Morgan fingerprint density at radius 1 is 0.295 bits per heavy atom. The summed E-state index contributed by atoms with van der Waals surface area (Å²) >= 11 is 0. The molecular formula is C85H55N20+5. The average molecular weight is 1360 g/mol. The minimum atomic E-state index is 0.578. The average Bonchev–Trinajstić information content (AvgIpc) is 1.62. The Hall–Kier alpha value is -15.6. The Balaban J connectivity index is 0.000000101. The lowest BCUT2D eigenvalue weighted by atomic mass is 10.0. The molecule has 105 heavy (non-hydrogen) atoms. The molecule has 0 saturated heterocycles. The van der Waals surface area contributed by atoms with Crippen molar-refractivity contribution in [2.24, 2.45) is 0 Å². The van der Waals surface area contributed by atoms with Crippen LogP contribution in [0, 0.1) is 124 Å². The molecule has 0 fully saturated rings. The third-order valence-corrected chi connectivity index (χ3v) is 20.2. The highest BCUT2D eigenvalue weighted by Crippen LogP contribution is 2.40. The number of hydrogen-bond donors (Lipinski definition) is 0. The number of hydrogen-bond acceptors (Lipinski definition) is 5. The highest BCUT2D eigenvalue weighted by atomic mass is 15.5. The van der Waals surface area contributed by atoms with Crippen molar-refractivity contribution in [1.29, 1.82) is 26.3 Å². The van der Waals surface area contributed by atoms with Gasteiger partial charge in [-0.1, -0.05) is 121 Å². The predicted molar refractivity (Wildman–Crippen MR) is 391 cm³/mol. The summed E-state index contributed by atoms with van der Waals surface area (Å²) in [7, 11) is 0. The van der Waals surface area contributed by atoms with Gasteiger partial charge in [0.1, 0.15) is 56.0 Å². The fourth-order valence-electron chi connectivity index (χ4n) is 15.3. The van der Waals surface area contributed by atoms with Gasteiger partial charge >= 0.3 is 0 Å². The number of fused-ring (bicyclic) bond motifs is 25. The van der Waals surface area contributed by atoms with Gasteiger partial charge in [-0.15, -0.1) is 46.8 Å². The van der Waals surface area contributed by atoms with Gasteiger partial charge in [-0.3, -0.25) is 0 Å². The molecule has 0 radical (unpaired) electrons. The smallest absolute Gasteiger partial charge is 0.217 e. The van der Waals surface area contributed by atoms with Crippen LogP contribution in [-0.4, -0.2) is 23.4 Å². The van der Waals surface area contributed by atoms with Crippen LogP contribution in [0.2, 0.25) is 0 Å². The second-order valence-corrected chi connectivity index (χ2v) is 26.3. The summed E-state index contributed by atoms with van der Waals surface area (Å²) in [4.78, 5) is 18.1. The zero-order valence-corrected chi connectivity index (χ0v) is 57.3. The third-order valence-electron chi connectivity index (χ3n) is 20.2. The van der Waals surface area contributed by atoms with E-state index in [9.17, 15) is 26.3 Å². The van der Waals surface area contributed by atoms with Crippen molar-refractivity contribution in [3.05, 3.63) is 323 Å². The standard InChI is InChI=1S/C18H13N4.3C17H11N4.C16H9N4/c1-11-6-14-9-21-10-15-13(8-19)4-5-16(20-3)18(15)22(21)17(14)7-12(11)2;1-11-3-6-16-13(7-11)9-20-10-14-12(8-18)4-5-15(19-2)17(14)21(16)20;1-11-3-4-13-9-20-10-14-12(8-18)5-6-15(19-2)17(14)21(20)16(13)7-11;1-11-4-3-5-13-9-20-10-14-12(8-18)6-7-15(19-2)17(14)21(20)16(11)13;1-18-14-7-6-11(8-17)13-10-19-9-12-4-2-3-5-15(12)20(19)16(13)14/h4-7,10H,9H2,1-2H3;3*3-7,10H,9H2,1H3;2-7,10H,9H2/q5*+1. The van der Waals surface area contributed by atoms with Crippen molar-refractivity contribution in [3.8, 4) is 58.8 Å². The minimum Gasteiger partial charge on any atom is -0.236 e. The third kappa shape index (κ3) is 10.1. The van der Waals surface area contributed by atoms with Crippen molar-refractivity contribution in [2.75, 3.05) is 0 Å². The lowest BCUT2D eigenvalue weighted by Crippen LogP contribution is -2.36. The fraction of sp³-hybridized carbons (Fsp3) is 0.118. The van der Waals surface area contributed by atoms with E-state index in [0.717, 1.165) is 116 Å². The zero-order chi connectivity index (χ0) is 72.8. The van der Waals surface area contributed by atoms with Gasteiger partial charge in [0.2, 0.25) is 59.4 Å². The number of benzene rings is 10. The minimum absolute atomic E-state index is 0.578. The number of aromatic nitrogens is 10. The van der Waals surface area contributed by atoms with Gasteiger partial charge in [0.05, 0.1) is 118 Å². The van der Waals surface area contributed by atoms with Gasteiger partial charge in [-0.2, -0.15) is 26.3 Å². The van der Waals surface area contributed by atoms with Crippen molar-refractivity contribution in [1.82, 2.24) is 23.4 Å². The Kier molecular flexibility index (Phi) is 15.3. The molecular weight excluding hydrogens is 1300 g/mol. The van der Waals surface area contributed by atoms with Crippen LogP contribution in [0.25, 0.3) is 107 Å². The quantitative estimate of drug-likeness (QED) is 0.108. The maximum Gasteiger partial charge on any atom is 0.217 e. The molecule has 0 atom stereocenters. The maximum absolute atomic E-state index is 9.32. The van der Waals surface area contributed by atoms with E-state index in [1.165, 1.54) is 55.6 Å². The molecule has 5 aliphatic heterocycles. The lowest BCUT2D eigenvalue weighted by Gasteiger charge is -2.04. The summed E-state index contributed by atoms with van der Waals surface area (Å²) in [5, 5.41) is 50.6. The van der Waals surface area contributed by atoms with Crippen molar-refractivity contribution < 1.29 is 23.4 Å². The van der Waals surface area contributed by atoms with Crippen LogP contribution >= 0.6 is 0 Å². The van der Waals surface area contributed by atoms with Gasteiger partial charge in [0, 0.05) is 27.8 Å². The number of aryl methyl sites for hydroxylation is 5. The Labute approximate surface area is 602 Å². The summed E-state index contributed by atoms with van der Waals surface area (Å²) in [6, 6.07) is 59.8. The second-order valence-electron chi connectivity index (χ2n) is 26.3. The highest BCUT2D eigenvalue weighted by Gasteiger charge is 2.37. The van der Waals surface area contributed by atoms with Crippen LogP contribution in [0.3, 0.4) is 0 Å². The number of rotatable bonds is 0. The monoisotopic (exact) mass is 1360 g/mol. The molecule has 0 unspecified atom stereocenters. The normalized spacial score (nSPS) is 11.8. The molecule has 20 nitrogen and oxygen atoms in total. The van der Waals surface area contributed by atoms with Crippen LogP contribution in [0.5, 0.6) is 0 Å². The van der Waals surface area contributed by atoms with Gasteiger partial charge in [-0.25, -0.2) is 24.2 Å². The molecule has 10 heterocycles. The summed E-state index contributed by atoms with van der Waals surface area (Å²) < 4.78 is 20.7. The molecule has 490 valence electrons. The Bertz CT molecular complexity index is 6900. The molecule has 5 aromatic heterocycles. The SMILES string of the molecule is [C-]#[N+]c1ccc(C#N)c2c[n+]3n(c12)-c1c(C)cccc1C3.[C-]#[N+]c1ccc(C#N)c2c[n+]3n(c12)-c1cc(C)c(C)cc1C3.[C-]#[N+]c1ccc(C#N)c2c[n+]3n(c12)-c1cc(C)ccc1C3.[C-]#[N+]c1ccc(C#N)c2c[n+]3n(c12)-c1ccc(C)cc1C3.[C-]#[N+]c1ccc(C#N)c2c[n+]3n(c12)-c1ccccc1C3. The van der Waals surface area contributed by atoms with Crippen molar-refractivity contribution in [2.45, 2.75) is 67.3 Å². The van der Waals surface area contributed by atoms with Gasteiger partial charge in [0.15, 0.2) is 32.7 Å². The van der Waals surface area contributed by atoms with Crippen LogP contribution < -0.4 is 23.4 Å². The van der Waals surface area contributed by atoms with E-state index in [4.69, 9.17) is 32.9 Å². The Morgan fingerprint density at radius 2 is 0.619 bits per heavy atom. The van der Waals surface area contributed by atoms with E-state index >= 15 is 0 Å². The van der Waals surface area contributed by atoms with Crippen LogP contribution in [0.4, 0.5) is 28.4 Å². The zero-order valence-electron chi connectivity index (χ0n) is 57.3. The molecule has 0 aliphatic carbocycles. The molecule has 5 aliphatic rings. The molecule has 10 aromatic carbocycles. The first kappa shape index (κ1) is 64.1. The molecule has 0 N–H and O–H groups in total. The predicted octanol–water partition coefficient (Wildman–Crippen LogP) is 15.1. The first-order valence-electron chi connectivity index (χ1n) is 33.4. The number of nitriles is 5. The maximum atomic E-state index is 9.32. The lowest BCUT2D eigenvalue weighted by molar-refractivity contribution is -0.749.